The van der Waals surface area contributed by atoms with Gasteiger partial charge in [0, 0.05) is 48.5 Å². The van der Waals surface area contributed by atoms with E-state index in [4.69, 9.17) is 4.74 Å². The van der Waals surface area contributed by atoms with Gasteiger partial charge in [0.2, 0.25) is 5.91 Å². The van der Waals surface area contributed by atoms with Gasteiger partial charge in [0.05, 0.1) is 13.5 Å². The van der Waals surface area contributed by atoms with Crippen molar-refractivity contribution in [2.75, 3.05) is 31.6 Å². The highest BCUT2D eigenvalue weighted by Crippen LogP contribution is 2.21. The van der Waals surface area contributed by atoms with Crippen molar-refractivity contribution in [3.63, 3.8) is 0 Å². The molecule has 1 N–H and O–H groups in total. The van der Waals surface area contributed by atoms with Crippen LogP contribution in [0.3, 0.4) is 0 Å². The van der Waals surface area contributed by atoms with E-state index in [1.807, 2.05) is 53.4 Å². The molecule has 0 aromatic heterocycles. The number of benzene rings is 2. The van der Waals surface area contributed by atoms with Gasteiger partial charge in [-0.3, -0.25) is 9.59 Å². The van der Waals surface area contributed by atoms with Crippen LogP contribution in [0.5, 0.6) is 5.75 Å². The van der Waals surface area contributed by atoms with Crippen molar-refractivity contribution in [1.82, 2.24) is 10.2 Å². The van der Waals surface area contributed by atoms with E-state index in [1.54, 1.807) is 7.11 Å². The quantitative estimate of drug-likeness (QED) is 0.681. The van der Waals surface area contributed by atoms with Crippen LogP contribution in [-0.2, 0) is 11.2 Å². The largest absolute Gasteiger partial charge is 0.496 e. The molecule has 1 aliphatic rings. The zero-order valence-electron chi connectivity index (χ0n) is 19.6. The van der Waals surface area contributed by atoms with Crippen molar-refractivity contribution in [2.45, 2.75) is 52.1 Å². The van der Waals surface area contributed by atoms with E-state index >= 15 is 0 Å². The van der Waals surface area contributed by atoms with Crippen LogP contribution in [-0.4, -0.2) is 55.5 Å². The molecular weight excluding hydrogens is 402 g/mol. The molecule has 0 bridgehead atoms. The normalized spacial score (nSPS) is 14.3. The predicted molar refractivity (Wildman–Crippen MR) is 128 cm³/mol. The Morgan fingerprint density at radius 2 is 1.75 bits per heavy atom. The predicted octanol–water partition coefficient (Wildman–Crippen LogP) is 3.89. The number of rotatable bonds is 8. The zero-order valence-corrected chi connectivity index (χ0v) is 19.6. The van der Waals surface area contributed by atoms with E-state index in [1.165, 1.54) is 0 Å². The van der Waals surface area contributed by atoms with Gasteiger partial charge in [0.1, 0.15) is 5.75 Å². The molecule has 0 atom stereocenters. The lowest BCUT2D eigenvalue weighted by Crippen LogP contribution is -2.47. The molecule has 0 unspecified atom stereocenters. The zero-order chi connectivity index (χ0) is 23.1. The van der Waals surface area contributed by atoms with Crippen LogP contribution in [0.2, 0.25) is 0 Å². The Balaban J connectivity index is 1.50. The number of hydrogen-bond acceptors (Lipinski definition) is 4. The minimum Gasteiger partial charge on any atom is -0.496 e. The molecule has 2 aromatic carbocycles. The molecule has 0 radical (unpaired) electrons. The molecule has 3 rings (SSSR count). The molecule has 2 aromatic rings. The highest BCUT2D eigenvalue weighted by Gasteiger charge is 2.25. The van der Waals surface area contributed by atoms with Gasteiger partial charge in [-0.15, -0.1) is 0 Å². The van der Waals surface area contributed by atoms with E-state index in [0.717, 1.165) is 36.4 Å². The van der Waals surface area contributed by atoms with Crippen LogP contribution in [0, 0.1) is 0 Å². The SMILES string of the molecule is CCN(c1ccc(C(=O)NC2CCN(C(=O)Cc3ccccc3OC)CC2)cc1)C(C)C. The minimum atomic E-state index is -0.0528. The second kappa shape index (κ2) is 11.0. The maximum Gasteiger partial charge on any atom is 0.251 e. The summed E-state index contributed by atoms with van der Waals surface area (Å²) in [5.74, 6) is 0.785. The highest BCUT2D eigenvalue weighted by molar-refractivity contribution is 5.94. The summed E-state index contributed by atoms with van der Waals surface area (Å²) >= 11 is 0. The molecule has 0 spiro atoms. The number of carbonyl (C=O) groups is 2. The van der Waals surface area contributed by atoms with Gasteiger partial charge >= 0.3 is 0 Å². The lowest BCUT2D eigenvalue weighted by Gasteiger charge is -2.32. The summed E-state index contributed by atoms with van der Waals surface area (Å²) in [6.07, 6.45) is 1.86. The maximum absolute atomic E-state index is 12.7. The van der Waals surface area contributed by atoms with Gasteiger partial charge in [0.25, 0.3) is 5.91 Å². The van der Waals surface area contributed by atoms with Gasteiger partial charge in [-0.2, -0.15) is 0 Å². The monoisotopic (exact) mass is 437 g/mol. The fourth-order valence-corrected chi connectivity index (χ4v) is 4.32. The van der Waals surface area contributed by atoms with Gasteiger partial charge in [-0.05, 0) is 63.9 Å². The number of piperidine rings is 1. The third-order valence-electron chi connectivity index (χ3n) is 6.14. The second-order valence-electron chi connectivity index (χ2n) is 8.54. The molecule has 1 saturated heterocycles. The van der Waals surface area contributed by atoms with Crippen LogP contribution in [0.15, 0.2) is 48.5 Å². The first-order valence-corrected chi connectivity index (χ1v) is 11.5. The number of hydrogen-bond donors (Lipinski definition) is 1. The number of methoxy groups -OCH3 is 1. The van der Waals surface area contributed by atoms with E-state index < -0.39 is 0 Å². The van der Waals surface area contributed by atoms with Gasteiger partial charge in [-0.1, -0.05) is 18.2 Å². The van der Waals surface area contributed by atoms with Crippen LogP contribution >= 0.6 is 0 Å². The molecule has 1 aliphatic heterocycles. The fraction of sp³-hybridized carbons (Fsp3) is 0.462. The fourth-order valence-electron chi connectivity index (χ4n) is 4.32. The molecule has 6 heteroatoms. The van der Waals surface area contributed by atoms with Crippen LogP contribution < -0.4 is 15.0 Å². The van der Waals surface area contributed by atoms with Gasteiger partial charge in [0.15, 0.2) is 0 Å². The number of para-hydroxylation sites is 1. The smallest absolute Gasteiger partial charge is 0.251 e. The minimum absolute atomic E-state index is 0.0528. The number of amides is 2. The molecule has 6 nitrogen and oxygen atoms in total. The van der Waals surface area contributed by atoms with Gasteiger partial charge < -0.3 is 19.9 Å². The third kappa shape index (κ3) is 5.81. The number of anilines is 1. The van der Waals surface area contributed by atoms with Crippen LogP contribution in [0.1, 0.15) is 49.5 Å². The van der Waals surface area contributed by atoms with Crippen molar-refractivity contribution < 1.29 is 14.3 Å². The van der Waals surface area contributed by atoms with E-state index in [0.29, 0.717) is 31.1 Å². The molecular formula is C26H35N3O3. The van der Waals surface area contributed by atoms with Crippen molar-refractivity contribution in [3.05, 3.63) is 59.7 Å². The Morgan fingerprint density at radius 1 is 1.09 bits per heavy atom. The summed E-state index contributed by atoms with van der Waals surface area (Å²) < 4.78 is 5.35. The Morgan fingerprint density at radius 3 is 2.34 bits per heavy atom. The molecule has 1 heterocycles. The first-order valence-electron chi connectivity index (χ1n) is 11.5. The lowest BCUT2D eigenvalue weighted by atomic mass is 10.0. The number of nitrogens with zero attached hydrogens (tertiary/aromatic N) is 2. The Kier molecular flexibility index (Phi) is 8.14. The number of likely N-dealkylation sites (tertiary alicyclic amines) is 1. The third-order valence-corrected chi connectivity index (χ3v) is 6.14. The molecule has 1 fully saturated rings. The summed E-state index contributed by atoms with van der Waals surface area (Å²) in [6, 6.07) is 15.9. The number of nitrogens with one attached hydrogen (secondary N) is 1. The Labute approximate surface area is 191 Å². The van der Waals surface area contributed by atoms with E-state index in [-0.39, 0.29) is 17.9 Å². The average Bonchev–Trinajstić information content (AvgIpc) is 2.80. The molecule has 172 valence electrons. The van der Waals surface area contributed by atoms with Crippen molar-refractivity contribution in [1.29, 1.82) is 0 Å². The molecule has 0 aliphatic carbocycles. The number of carbonyl (C=O) groups excluding carboxylic acids is 2. The van der Waals surface area contributed by atoms with Crippen molar-refractivity contribution in [2.24, 2.45) is 0 Å². The second-order valence-corrected chi connectivity index (χ2v) is 8.54. The molecule has 2 amide bonds. The standard InChI is InChI=1S/C26H35N3O3/c1-5-29(19(2)3)23-12-10-20(11-13-23)26(31)27-22-14-16-28(17-15-22)25(30)18-21-8-6-7-9-24(21)32-4/h6-13,19,22H,5,14-18H2,1-4H3,(H,27,31). The first-order chi connectivity index (χ1) is 15.4. The molecule has 32 heavy (non-hydrogen) atoms. The topological polar surface area (TPSA) is 61.9 Å². The van der Waals surface area contributed by atoms with Crippen molar-refractivity contribution >= 4 is 17.5 Å². The summed E-state index contributed by atoms with van der Waals surface area (Å²) in [5, 5.41) is 3.14. The summed E-state index contributed by atoms with van der Waals surface area (Å²) in [7, 11) is 1.62. The Hall–Kier alpha value is -3.02. The highest BCUT2D eigenvalue weighted by atomic mass is 16.5. The lowest BCUT2D eigenvalue weighted by molar-refractivity contribution is -0.131. The molecule has 0 saturated carbocycles. The average molecular weight is 438 g/mol. The van der Waals surface area contributed by atoms with Gasteiger partial charge in [-0.25, -0.2) is 0 Å². The summed E-state index contributed by atoms with van der Waals surface area (Å²) in [5.41, 5.74) is 2.70. The summed E-state index contributed by atoms with van der Waals surface area (Å²) in [4.78, 5) is 29.6. The van der Waals surface area contributed by atoms with Crippen molar-refractivity contribution in [3.8, 4) is 5.75 Å². The van der Waals surface area contributed by atoms with Crippen LogP contribution in [0.4, 0.5) is 5.69 Å². The maximum atomic E-state index is 12.7. The first kappa shape index (κ1) is 23.6. The number of ether oxygens (including phenoxy) is 1. The van der Waals surface area contributed by atoms with E-state index in [9.17, 15) is 9.59 Å². The Bertz CT molecular complexity index is 903. The van der Waals surface area contributed by atoms with E-state index in [2.05, 4.69) is 31.0 Å². The van der Waals surface area contributed by atoms with Crippen LogP contribution in [0.25, 0.3) is 0 Å². The summed E-state index contributed by atoms with van der Waals surface area (Å²) in [6.45, 7) is 8.69.